The van der Waals surface area contributed by atoms with Crippen LogP contribution in [0.25, 0.3) is 27.9 Å². The van der Waals surface area contributed by atoms with Crippen LogP contribution in [0.1, 0.15) is 22.8 Å². The van der Waals surface area contributed by atoms with Gasteiger partial charge in [0.25, 0.3) is 5.91 Å². The van der Waals surface area contributed by atoms with Gasteiger partial charge in [-0.1, -0.05) is 48.5 Å². The molecule has 2 heterocycles. The quantitative estimate of drug-likeness (QED) is 0.154. The highest BCUT2D eigenvalue weighted by molar-refractivity contribution is 6.04. The van der Waals surface area contributed by atoms with Gasteiger partial charge in [-0.25, -0.2) is 9.50 Å². The summed E-state index contributed by atoms with van der Waals surface area (Å²) >= 11 is 0. The van der Waals surface area contributed by atoms with Crippen molar-refractivity contribution >= 4 is 40.3 Å². The van der Waals surface area contributed by atoms with Crippen LogP contribution >= 0.6 is 0 Å². The molecule has 0 aliphatic carbocycles. The molecule has 0 saturated heterocycles. The van der Waals surface area contributed by atoms with Gasteiger partial charge < -0.3 is 21.7 Å². The number of benzene rings is 4. The van der Waals surface area contributed by atoms with Crippen LogP contribution in [0.4, 0.5) is 23.0 Å². The second kappa shape index (κ2) is 12.6. The van der Waals surface area contributed by atoms with Gasteiger partial charge in [-0.05, 0) is 90.3 Å². The Labute approximate surface area is 254 Å². The molecule has 9 heteroatoms. The van der Waals surface area contributed by atoms with E-state index in [9.17, 15) is 9.59 Å². The van der Waals surface area contributed by atoms with E-state index in [2.05, 4.69) is 21.0 Å². The molecule has 0 bridgehead atoms. The van der Waals surface area contributed by atoms with E-state index < -0.39 is 0 Å². The third-order valence-electron chi connectivity index (χ3n) is 7.13. The fraction of sp³-hybridized carbons (Fsp3) is 0.0857. The molecule has 0 fully saturated rings. The number of fused-ring (bicyclic) bond motifs is 1. The van der Waals surface area contributed by atoms with Gasteiger partial charge in [-0.2, -0.15) is 5.10 Å². The summed E-state index contributed by atoms with van der Waals surface area (Å²) in [5, 5.41) is 13.6. The Hall–Kier alpha value is -5.80. The minimum Gasteiger partial charge on any atom is -0.330 e. The molecule has 9 nitrogen and oxygen atoms in total. The number of hydrogen-bond acceptors (Lipinski definition) is 6. The number of nitrogens with zero attached hydrogens (tertiary/aromatic N) is 3. The van der Waals surface area contributed by atoms with Crippen LogP contribution in [0.2, 0.25) is 0 Å². The Morgan fingerprint density at radius 1 is 0.750 bits per heavy atom. The predicted octanol–water partition coefficient (Wildman–Crippen LogP) is 6.52. The highest BCUT2D eigenvalue weighted by Gasteiger charge is 2.11. The number of hydrogen-bond donors (Lipinski definition) is 4. The summed E-state index contributed by atoms with van der Waals surface area (Å²) in [7, 11) is 0. The lowest BCUT2D eigenvalue weighted by molar-refractivity contribution is -0.114. The number of rotatable bonds is 9. The van der Waals surface area contributed by atoms with Crippen LogP contribution in [-0.2, 0) is 11.2 Å². The standard InChI is InChI=1S/C35H31N7O2/c1-23(43)38-31-4-2-3-28(21-31)25-9-11-26(12-10-25)33-22-32-18-20-37-42(32)35(41-33)40-30-15-13-29(14-16-30)39-34(44)27-7-5-24(6-8-27)17-19-36/h2-16,18,20-22H,17,19,36H2,1H3,(H,38,43)(H,39,44)(H,40,41). The maximum atomic E-state index is 12.7. The zero-order valence-corrected chi connectivity index (χ0v) is 24.1. The van der Waals surface area contributed by atoms with Gasteiger partial charge in [0, 0.05) is 35.1 Å². The molecule has 0 aliphatic rings. The average molecular weight is 582 g/mol. The van der Waals surface area contributed by atoms with E-state index in [0.29, 0.717) is 23.7 Å². The lowest BCUT2D eigenvalue weighted by Gasteiger charge is -2.12. The molecule has 0 radical (unpaired) electrons. The van der Waals surface area contributed by atoms with E-state index in [1.165, 1.54) is 6.92 Å². The fourth-order valence-electron chi connectivity index (χ4n) is 4.93. The summed E-state index contributed by atoms with van der Waals surface area (Å²) in [6.45, 7) is 2.07. The first-order valence-electron chi connectivity index (χ1n) is 14.3. The fourth-order valence-corrected chi connectivity index (χ4v) is 4.93. The summed E-state index contributed by atoms with van der Waals surface area (Å²) in [4.78, 5) is 29.1. The van der Waals surface area contributed by atoms with Crippen LogP contribution in [0, 0.1) is 0 Å². The van der Waals surface area contributed by atoms with E-state index in [1.54, 1.807) is 10.7 Å². The van der Waals surface area contributed by atoms with Crippen molar-refractivity contribution in [3.05, 3.63) is 127 Å². The highest BCUT2D eigenvalue weighted by Crippen LogP contribution is 2.28. The van der Waals surface area contributed by atoms with Gasteiger partial charge in [0.05, 0.1) is 17.4 Å². The smallest absolute Gasteiger partial charge is 0.255 e. The van der Waals surface area contributed by atoms with Crippen molar-refractivity contribution < 1.29 is 9.59 Å². The molecule has 0 saturated carbocycles. The maximum absolute atomic E-state index is 12.7. The number of nitrogens with two attached hydrogens (primary N) is 1. The summed E-state index contributed by atoms with van der Waals surface area (Å²) in [5.74, 6) is 0.277. The normalized spacial score (nSPS) is 10.9. The van der Waals surface area contributed by atoms with Crippen molar-refractivity contribution in [1.82, 2.24) is 14.6 Å². The van der Waals surface area contributed by atoms with E-state index in [1.807, 2.05) is 109 Å². The Morgan fingerprint density at radius 2 is 1.48 bits per heavy atom. The van der Waals surface area contributed by atoms with Gasteiger partial charge in [-0.3, -0.25) is 9.59 Å². The van der Waals surface area contributed by atoms with Crippen LogP contribution in [0.15, 0.2) is 115 Å². The van der Waals surface area contributed by atoms with Gasteiger partial charge in [0.15, 0.2) is 0 Å². The molecule has 44 heavy (non-hydrogen) atoms. The molecule has 6 rings (SSSR count). The molecule has 0 atom stereocenters. The first-order chi connectivity index (χ1) is 21.4. The van der Waals surface area contributed by atoms with Gasteiger partial charge in [0.1, 0.15) is 0 Å². The van der Waals surface area contributed by atoms with E-state index in [-0.39, 0.29) is 11.8 Å². The summed E-state index contributed by atoms with van der Waals surface area (Å²) in [5.41, 5.74) is 14.2. The van der Waals surface area contributed by atoms with Gasteiger partial charge in [-0.15, -0.1) is 0 Å². The largest absolute Gasteiger partial charge is 0.330 e. The number of carbonyl (C=O) groups is 2. The molecule has 0 aliphatic heterocycles. The van der Waals surface area contributed by atoms with Crippen LogP contribution < -0.4 is 21.7 Å². The van der Waals surface area contributed by atoms with E-state index >= 15 is 0 Å². The molecular weight excluding hydrogens is 550 g/mol. The van der Waals surface area contributed by atoms with Crippen molar-refractivity contribution in [2.75, 3.05) is 22.5 Å². The number of carbonyl (C=O) groups excluding carboxylic acids is 2. The number of amides is 2. The first-order valence-corrected chi connectivity index (χ1v) is 14.3. The zero-order chi connectivity index (χ0) is 30.5. The van der Waals surface area contributed by atoms with Crippen LogP contribution in [0.5, 0.6) is 0 Å². The maximum Gasteiger partial charge on any atom is 0.255 e. The molecule has 218 valence electrons. The predicted molar refractivity (Wildman–Crippen MR) is 175 cm³/mol. The SMILES string of the molecule is CC(=O)Nc1cccc(-c2ccc(-c3cc4ccnn4c(Nc4ccc(NC(=O)c5ccc(CCN)cc5)cc4)n3)cc2)c1. The number of anilines is 4. The Balaban J connectivity index is 1.18. The lowest BCUT2D eigenvalue weighted by atomic mass is 10.0. The molecule has 4 aromatic carbocycles. The molecule has 0 unspecified atom stereocenters. The highest BCUT2D eigenvalue weighted by atomic mass is 16.2. The Kier molecular flexibility index (Phi) is 8.11. The summed E-state index contributed by atoms with van der Waals surface area (Å²) in [6.07, 6.45) is 2.51. The monoisotopic (exact) mass is 581 g/mol. The van der Waals surface area contributed by atoms with Crippen molar-refractivity contribution in [2.45, 2.75) is 13.3 Å². The molecule has 6 aromatic rings. The Morgan fingerprint density at radius 3 is 2.20 bits per heavy atom. The lowest BCUT2D eigenvalue weighted by Crippen LogP contribution is -2.12. The van der Waals surface area contributed by atoms with Crippen molar-refractivity contribution in [1.29, 1.82) is 0 Å². The van der Waals surface area contributed by atoms with Crippen molar-refractivity contribution in [3.8, 4) is 22.4 Å². The molecular formula is C35H31N7O2. The summed E-state index contributed by atoms with van der Waals surface area (Å²) in [6, 6.07) is 34.7. The second-order valence-corrected chi connectivity index (χ2v) is 10.4. The minimum atomic E-state index is -0.177. The van der Waals surface area contributed by atoms with Crippen molar-refractivity contribution in [2.24, 2.45) is 5.73 Å². The molecule has 5 N–H and O–H groups in total. The molecule has 2 aromatic heterocycles. The topological polar surface area (TPSA) is 126 Å². The molecule has 2 amide bonds. The van der Waals surface area contributed by atoms with E-state index in [4.69, 9.17) is 10.7 Å². The molecule has 0 spiro atoms. The number of aromatic nitrogens is 3. The Bertz CT molecular complexity index is 1930. The van der Waals surface area contributed by atoms with Crippen molar-refractivity contribution in [3.63, 3.8) is 0 Å². The van der Waals surface area contributed by atoms with Crippen LogP contribution in [0.3, 0.4) is 0 Å². The number of nitrogens with one attached hydrogen (secondary N) is 3. The summed E-state index contributed by atoms with van der Waals surface area (Å²) < 4.78 is 1.75. The minimum absolute atomic E-state index is 0.105. The zero-order valence-electron chi connectivity index (χ0n) is 24.1. The third kappa shape index (κ3) is 6.48. The van der Waals surface area contributed by atoms with Crippen LogP contribution in [-0.4, -0.2) is 33.0 Å². The first kappa shape index (κ1) is 28.3. The van der Waals surface area contributed by atoms with Gasteiger partial charge >= 0.3 is 0 Å². The average Bonchev–Trinajstić information content (AvgIpc) is 3.52. The second-order valence-electron chi connectivity index (χ2n) is 10.4. The van der Waals surface area contributed by atoms with Gasteiger partial charge in [0.2, 0.25) is 11.9 Å². The van der Waals surface area contributed by atoms with E-state index in [0.717, 1.165) is 51.3 Å². The third-order valence-corrected chi connectivity index (χ3v) is 7.13.